The first-order valence-electron chi connectivity index (χ1n) is 6.41. The Labute approximate surface area is 113 Å². The van der Waals surface area contributed by atoms with Gasteiger partial charge in [-0.2, -0.15) is 4.99 Å². The minimum atomic E-state index is -0.450. The van der Waals surface area contributed by atoms with Crippen molar-refractivity contribution in [2.24, 2.45) is 4.99 Å². The Morgan fingerprint density at radius 1 is 1.26 bits per heavy atom. The van der Waals surface area contributed by atoms with Gasteiger partial charge in [-0.15, -0.1) is 0 Å². The molecule has 0 saturated heterocycles. The number of carbonyl (C=O) groups excluding carboxylic acids is 1. The number of nitrogens with zero attached hydrogens (tertiary/aromatic N) is 1. The first kappa shape index (κ1) is 13.6. The summed E-state index contributed by atoms with van der Waals surface area (Å²) in [4.78, 5) is 14.8. The molecule has 1 fully saturated rings. The van der Waals surface area contributed by atoms with Crippen LogP contribution in [0.15, 0.2) is 11.1 Å². The minimum absolute atomic E-state index is 0.450. The summed E-state index contributed by atoms with van der Waals surface area (Å²) in [6, 6.07) is 1.98. The minimum Gasteiger partial charge on any atom is -0.496 e. The topological polar surface area (TPSA) is 47.9 Å². The van der Waals surface area contributed by atoms with E-state index in [1.165, 1.54) is 0 Å². The highest BCUT2D eigenvalue weighted by Crippen LogP contribution is 2.51. The third-order valence-electron chi connectivity index (χ3n) is 4.01. The maximum Gasteiger partial charge on any atom is 0.235 e. The summed E-state index contributed by atoms with van der Waals surface area (Å²) < 4.78 is 10.9. The van der Waals surface area contributed by atoms with Crippen molar-refractivity contribution in [1.29, 1.82) is 0 Å². The molecule has 2 rings (SSSR count). The summed E-state index contributed by atoms with van der Waals surface area (Å²) in [7, 11) is 3.28. The van der Waals surface area contributed by atoms with Crippen LogP contribution in [-0.2, 0) is 10.3 Å². The van der Waals surface area contributed by atoms with Gasteiger partial charge in [0.2, 0.25) is 6.08 Å². The molecule has 4 heteroatoms. The molecule has 1 aliphatic carbocycles. The fraction of sp³-hybridized carbons (Fsp3) is 0.533. The molecule has 1 aliphatic rings. The van der Waals surface area contributed by atoms with Crippen molar-refractivity contribution in [2.75, 3.05) is 14.2 Å². The number of isocyanates is 1. The van der Waals surface area contributed by atoms with Gasteiger partial charge in [0, 0.05) is 11.1 Å². The molecule has 0 aliphatic heterocycles. The van der Waals surface area contributed by atoms with Gasteiger partial charge in [0.05, 0.1) is 14.2 Å². The lowest BCUT2D eigenvalue weighted by atomic mass is 9.70. The number of hydrogen-bond donors (Lipinski definition) is 0. The molecule has 0 heterocycles. The quantitative estimate of drug-likeness (QED) is 0.618. The maximum absolute atomic E-state index is 10.7. The Bertz CT molecular complexity index is 541. The van der Waals surface area contributed by atoms with E-state index in [-0.39, 0.29) is 0 Å². The van der Waals surface area contributed by atoms with Gasteiger partial charge in [-0.05, 0) is 44.7 Å². The maximum atomic E-state index is 10.7. The van der Waals surface area contributed by atoms with Crippen LogP contribution in [0.3, 0.4) is 0 Å². The number of rotatable bonds is 4. The lowest BCUT2D eigenvalue weighted by Gasteiger charge is -2.39. The van der Waals surface area contributed by atoms with Crippen LogP contribution >= 0.6 is 0 Å². The normalized spacial score (nSPS) is 16.2. The van der Waals surface area contributed by atoms with Crippen molar-refractivity contribution >= 4 is 6.08 Å². The zero-order chi connectivity index (χ0) is 14.0. The van der Waals surface area contributed by atoms with Crippen molar-refractivity contribution in [3.63, 3.8) is 0 Å². The molecule has 0 spiro atoms. The number of aliphatic imine (C=N–C) groups is 1. The largest absolute Gasteiger partial charge is 0.496 e. The molecular weight excluding hydrogens is 242 g/mol. The van der Waals surface area contributed by atoms with Crippen LogP contribution in [0, 0.1) is 13.8 Å². The second kappa shape index (κ2) is 5.06. The Balaban J connectivity index is 2.69. The van der Waals surface area contributed by atoms with Crippen LogP contribution in [0.1, 0.15) is 36.0 Å². The third-order valence-corrected chi connectivity index (χ3v) is 4.01. The van der Waals surface area contributed by atoms with Gasteiger partial charge in [0.15, 0.2) is 0 Å². The zero-order valence-corrected chi connectivity index (χ0v) is 11.9. The average molecular weight is 261 g/mol. The molecule has 1 aromatic carbocycles. The fourth-order valence-electron chi connectivity index (χ4n) is 2.92. The molecule has 19 heavy (non-hydrogen) atoms. The van der Waals surface area contributed by atoms with E-state index in [2.05, 4.69) is 4.99 Å². The van der Waals surface area contributed by atoms with Crippen molar-refractivity contribution < 1.29 is 14.3 Å². The average Bonchev–Trinajstić information content (AvgIpc) is 2.36. The Kier molecular flexibility index (Phi) is 3.63. The summed E-state index contributed by atoms with van der Waals surface area (Å²) >= 11 is 0. The molecule has 0 amide bonds. The predicted molar refractivity (Wildman–Crippen MR) is 72.7 cm³/mol. The van der Waals surface area contributed by atoms with Crippen molar-refractivity contribution in [2.45, 2.75) is 38.6 Å². The SMILES string of the molecule is COc1cc(C)c(C2(N=C=O)CCC2)c(OC)c1C. The third kappa shape index (κ3) is 2.02. The molecule has 0 unspecified atom stereocenters. The van der Waals surface area contributed by atoms with Gasteiger partial charge in [-0.3, -0.25) is 0 Å². The molecule has 0 radical (unpaired) electrons. The lowest BCUT2D eigenvalue weighted by Crippen LogP contribution is -2.33. The van der Waals surface area contributed by atoms with Crippen molar-refractivity contribution in [3.8, 4) is 11.5 Å². The number of aryl methyl sites for hydroxylation is 1. The Morgan fingerprint density at radius 2 is 1.95 bits per heavy atom. The van der Waals surface area contributed by atoms with E-state index < -0.39 is 5.54 Å². The summed E-state index contributed by atoms with van der Waals surface area (Å²) in [5.41, 5.74) is 2.53. The van der Waals surface area contributed by atoms with Crippen LogP contribution in [-0.4, -0.2) is 20.3 Å². The molecule has 0 aromatic heterocycles. The van der Waals surface area contributed by atoms with E-state index in [1.54, 1.807) is 20.3 Å². The summed E-state index contributed by atoms with van der Waals surface area (Å²) in [6.45, 7) is 3.96. The summed E-state index contributed by atoms with van der Waals surface area (Å²) in [5, 5.41) is 0. The first-order chi connectivity index (χ1) is 9.09. The Morgan fingerprint density at radius 3 is 2.37 bits per heavy atom. The van der Waals surface area contributed by atoms with Crippen LogP contribution < -0.4 is 9.47 Å². The van der Waals surface area contributed by atoms with E-state index in [0.29, 0.717) is 0 Å². The van der Waals surface area contributed by atoms with E-state index in [1.807, 2.05) is 19.9 Å². The highest BCUT2D eigenvalue weighted by atomic mass is 16.5. The molecule has 4 nitrogen and oxygen atoms in total. The second-order valence-electron chi connectivity index (χ2n) is 5.02. The molecule has 0 bridgehead atoms. The van der Waals surface area contributed by atoms with E-state index >= 15 is 0 Å². The summed E-state index contributed by atoms with van der Waals surface area (Å²) in [6.07, 6.45) is 4.52. The van der Waals surface area contributed by atoms with E-state index in [4.69, 9.17) is 9.47 Å². The standard InChI is InChI=1S/C15H19NO3/c1-10-8-12(18-3)11(2)14(19-4)13(10)15(16-9-17)6-5-7-15/h8H,5-7H2,1-4H3. The molecule has 1 saturated carbocycles. The van der Waals surface area contributed by atoms with Crippen LogP contribution in [0.2, 0.25) is 0 Å². The number of benzene rings is 1. The van der Waals surface area contributed by atoms with Crippen molar-refractivity contribution in [3.05, 3.63) is 22.8 Å². The highest BCUT2D eigenvalue weighted by Gasteiger charge is 2.43. The van der Waals surface area contributed by atoms with E-state index in [0.717, 1.165) is 47.5 Å². The monoisotopic (exact) mass is 261 g/mol. The zero-order valence-electron chi connectivity index (χ0n) is 11.9. The molecule has 0 N–H and O–H groups in total. The second-order valence-corrected chi connectivity index (χ2v) is 5.02. The fourth-order valence-corrected chi connectivity index (χ4v) is 2.92. The van der Waals surface area contributed by atoms with Crippen LogP contribution in [0.5, 0.6) is 11.5 Å². The lowest BCUT2D eigenvalue weighted by molar-refractivity contribution is 0.243. The number of hydrogen-bond acceptors (Lipinski definition) is 4. The smallest absolute Gasteiger partial charge is 0.235 e. The van der Waals surface area contributed by atoms with Gasteiger partial charge >= 0.3 is 0 Å². The molecule has 1 aromatic rings. The van der Waals surface area contributed by atoms with Crippen LogP contribution in [0.4, 0.5) is 0 Å². The van der Waals surface area contributed by atoms with Gasteiger partial charge in [0.25, 0.3) is 0 Å². The van der Waals surface area contributed by atoms with E-state index in [9.17, 15) is 4.79 Å². The molecular formula is C15H19NO3. The molecule has 0 atom stereocenters. The summed E-state index contributed by atoms with van der Waals surface area (Å²) in [5.74, 6) is 1.57. The molecule has 102 valence electrons. The number of methoxy groups -OCH3 is 2. The number of ether oxygens (including phenoxy) is 2. The Hall–Kier alpha value is -1.80. The van der Waals surface area contributed by atoms with Gasteiger partial charge < -0.3 is 9.47 Å². The van der Waals surface area contributed by atoms with Gasteiger partial charge in [-0.1, -0.05) is 0 Å². The first-order valence-corrected chi connectivity index (χ1v) is 6.41. The van der Waals surface area contributed by atoms with Crippen molar-refractivity contribution in [1.82, 2.24) is 0 Å². The predicted octanol–water partition coefficient (Wildman–Crippen LogP) is 3.04. The van der Waals surface area contributed by atoms with Gasteiger partial charge in [-0.25, -0.2) is 4.79 Å². The highest BCUT2D eigenvalue weighted by molar-refractivity contribution is 5.57. The van der Waals surface area contributed by atoms with Crippen LogP contribution in [0.25, 0.3) is 0 Å². The van der Waals surface area contributed by atoms with Gasteiger partial charge in [0.1, 0.15) is 17.0 Å².